The van der Waals surface area contributed by atoms with Crippen LogP contribution < -0.4 is 11.5 Å². The van der Waals surface area contributed by atoms with Crippen LogP contribution in [0, 0.1) is 4.64 Å². The molecule has 76 valence electrons. The SMILES string of the molecule is [B]c1nc2c(=S)nc(N)[nH]c2n1C(C)C. The Balaban J connectivity index is 2.93. The molecular weight excluding hydrogens is 209 g/mol. The third kappa shape index (κ3) is 1.52. The Morgan fingerprint density at radius 1 is 1.47 bits per heavy atom. The zero-order valence-corrected chi connectivity index (χ0v) is 9.30. The molecule has 5 nitrogen and oxygen atoms in total. The first-order chi connectivity index (χ1) is 7.00. The fraction of sp³-hybridized carbons (Fsp3) is 0.375. The number of hydrogen-bond acceptors (Lipinski definition) is 4. The molecule has 0 aliphatic carbocycles. The van der Waals surface area contributed by atoms with E-state index in [9.17, 15) is 0 Å². The first-order valence-corrected chi connectivity index (χ1v) is 4.94. The number of aromatic nitrogens is 4. The summed E-state index contributed by atoms with van der Waals surface area (Å²) < 4.78 is 2.20. The van der Waals surface area contributed by atoms with Gasteiger partial charge in [-0.25, -0.2) is 9.97 Å². The van der Waals surface area contributed by atoms with Gasteiger partial charge in [0.25, 0.3) is 0 Å². The Hall–Kier alpha value is -1.37. The Morgan fingerprint density at radius 3 is 2.73 bits per heavy atom. The predicted octanol–water partition coefficient (Wildman–Crippen LogP) is 0.446. The van der Waals surface area contributed by atoms with E-state index in [1.54, 1.807) is 0 Å². The van der Waals surface area contributed by atoms with Crippen LogP contribution in [0.15, 0.2) is 0 Å². The van der Waals surface area contributed by atoms with Crippen molar-refractivity contribution in [1.82, 2.24) is 19.5 Å². The van der Waals surface area contributed by atoms with Crippen molar-refractivity contribution in [2.24, 2.45) is 0 Å². The molecule has 0 aromatic carbocycles. The molecule has 2 rings (SSSR count). The van der Waals surface area contributed by atoms with Crippen LogP contribution in [0.1, 0.15) is 19.9 Å². The molecule has 0 spiro atoms. The zero-order chi connectivity index (χ0) is 11.2. The first kappa shape index (κ1) is 10.2. The number of imidazole rings is 1. The van der Waals surface area contributed by atoms with Crippen LogP contribution in [-0.4, -0.2) is 27.4 Å². The highest BCUT2D eigenvalue weighted by Gasteiger charge is 2.12. The van der Waals surface area contributed by atoms with Crippen molar-refractivity contribution in [3.05, 3.63) is 4.64 Å². The van der Waals surface area contributed by atoms with E-state index >= 15 is 0 Å². The lowest BCUT2D eigenvalue weighted by molar-refractivity contribution is 0.628. The van der Waals surface area contributed by atoms with E-state index in [1.165, 1.54) is 0 Å². The molecule has 0 bridgehead atoms. The molecule has 0 amide bonds. The predicted molar refractivity (Wildman–Crippen MR) is 62.9 cm³/mol. The maximum atomic E-state index is 5.79. The van der Waals surface area contributed by atoms with Crippen molar-refractivity contribution in [2.75, 3.05) is 5.73 Å². The molecule has 0 saturated carbocycles. The van der Waals surface area contributed by atoms with Crippen LogP contribution in [-0.2, 0) is 0 Å². The minimum absolute atomic E-state index is 0.183. The number of hydrogen-bond donors (Lipinski definition) is 2. The first-order valence-electron chi connectivity index (χ1n) is 4.54. The molecule has 2 radical (unpaired) electrons. The van der Waals surface area contributed by atoms with Gasteiger partial charge in [-0.2, -0.15) is 0 Å². The average molecular weight is 219 g/mol. The van der Waals surface area contributed by atoms with E-state index in [0.29, 0.717) is 15.9 Å². The summed E-state index contributed by atoms with van der Waals surface area (Å²) in [4.78, 5) is 11.0. The topological polar surface area (TPSA) is 72.5 Å². The standard InChI is InChI=1S/C8H10BN5S/c1-3(2)14-5-4(11-7(14)9)6(15)13-8(10)12-5/h3H,1-2H3,(H3,10,12,13,15). The molecule has 0 aliphatic rings. The summed E-state index contributed by atoms with van der Waals surface area (Å²) in [6.45, 7) is 4.01. The molecule has 0 aliphatic heterocycles. The molecule has 2 aromatic rings. The van der Waals surface area contributed by atoms with E-state index < -0.39 is 0 Å². The summed E-state index contributed by atoms with van der Waals surface area (Å²) in [6.07, 6.45) is 0. The van der Waals surface area contributed by atoms with Crippen molar-refractivity contribution in [3.63, 3.8) is 0 Å². The van der Waals surface area contributed by atoms with E-state index in [1.807, 2.05) is 18.4 Å². The number of fused-ring (bicyclic) bond motifs is 1. The normalized spacial score (nSPS) is 11.4. The molecule has 2 aromatic heterocycles. The monoisotopic (exact) mass is 219 g/mol. The molecular formula is C8H10BN5S. The number of rotatable bonds is 1. The number of H-pyrrole nitrogens is 1. The summed E-state index contributed by atoms with van der Waals surface area (Å²) >= 11 is 5.06. The highest BCUT2D eigenvalue weighted by Crippen LogP contribution is 2.14. The third-order valence-corrected chi connectivity index (χ3v) is 2.41. The van der Waals surface area contributed by atoms with Crippen LogP contribution in [0.2, 0.25) is 0 Å². The number of nitrogens with two attached hydrogens (primary N) is 1. The van der Waals surface area contributed by atoms with Gasteiger partial charge in [0.2, 0.25) is 0 Å². The van der Waals surface area contributed by atoms with Gasteiger partial charge in [0.1, 0.15) is 11.2 Å². The maximum absolute atomic E-state index is 5.79. The number of aromatic amines is 1. The van der Waals surface area contributed by atoms with Crippen LogP contribution in [0.25, 0.3) is 11.2 Å². The van der Waals surface area contributed by atoms with E-state index in [4.69, 9.17) is 25.8 Å². The number of nitrogens with zero attached hydrogens (tertiary/aromatic N) is 3. The molecule has 0 saturated heterocycles. The summed E-state index contributed by atoms with van der Waals surface area (Å²) in [7, 11) is 5.79. The van der Waals surface area contributed by atoms with Crippen LogP contribution in [0.5, 0.6) is 0 Å². The minimum atomic E-state index is 0.183. The molecule has 15 heavy (non-hydrogen) atoms. The summed E-state index contributed by atoms with van der Waals surface area (Å²) in [5, 5.41) is 0. The van der Waals surface area contributed by atoms with Crippen molar-refractivity contribution in [1.29, 1.82) is 0 Å². The fourth-order valence-corrected chi connectivity index (χ4v) is 1.79. The van der Waals surface area contributed by atoms with Gasteiger partial charge in [0.15, 0.2) is 18.4 Å². The van der Waals surface area contributed by atoms with Crippen LogP contribution in [0.3, 0.4) is 0 Å². The van der Waals surface area contributed by atoms with Gasteiger partial charge in [-0.1, -0.05) is 12.2 Å². The summed E-state index contributed by atoms with van der Waals surface area (Å²) in [6, 6.07) is 0.183. The highest BCUT2D eigenvalue weighted by atomic mass is 32.1. The molecule has 0 unspecified atom stereocenters. The van der Waals surface area contributed by atoms with Crippen LogP contribution >= 0.6 is 12.2 Å². The maximum Gasteiger partial charge on any atom is 0.200 e. The van der Waals surface area contributed by atoms with Gasteiger partial charge in [0, 0.05) is 6.04 Å². The van der Waals surface area contributed by atoms with Crippen molar-refractivity contribution in [2.45, 2.75) is 19.9 Å². The lowest BCUT2D eigenvalue weighted by atomic mass is 10.1. The van der Waals surface area contributed by atoms with E-state index in [2.05, 4.69) is 15.0 Å². The van der Waals surface area contributed by atoms with E-state index in [-0.39, 0.29) is 12.0 Å². The molecule has 3 N–H and O–H groups in total. The second kappa shape index (κ2) is 3.34. The second-order valence-corrected chi connectivity index (χ2v) is 3.94. The Kier molecular flexibility index (Phi) is 2.26. The number of nitrogens with one attached hydrogen (secondary N) is 1. The van der Waals surface area contributed by atoms with Crippen molar-refractivity contribution < 1.29 is 0 Å². The Labute approximate surface area is 93.1 Å². The second-order valence-electron chi connectivity index (χ2n) is 3.56. The molecule has 2 heterocycles. The molecule has 0 atom stereocenters. The van der Waals surface area contributed by atoms with Gasteiger partial charge >= 0.3 is 0 Å². The average Bonchev–Trinajstić information content (AvgIpc) is 2.41. The third-order valence-electron chi connectivity index (χ3n) is 2.13. The van der Waals surface area contributed by atoms with Crippen molar-refractivity contribution in [3.8, 4) is 0 Å². The molecule has 7 heteroatoms. The molecule has 0 fully saturated rings. The smallest absolute Gasteiger partial charge is 0.200 e. The number of nitrogen functional groups attached to an aromatic ring is 1. The van der Waals surface area contributed by atoms with Crippen LogP contribution in [0.4, 0.5) is 5.95 Å². The van der Waals surface area contributed by atoms with Crippen molar-refractivity contribution >= 4 is 42.9 Å². The quantitative estimate of drug-likeness (QED) is 0.539. The van der Waals surface area contributed by atoms with Gasteiger partial charge in [-0.05, 0) is 13.8 Å². The number of anilines is 1. The van der Waals surface area contributed by atoms with Gasteiger partial charge < -0.3 is 15.3 Å². The fourth-order valence-electron chi connectivity index (χ4n) is 1.55. The largest absolute Gasteiger partial charge is 0.369 e. The highest BCUT2D eigenvalue weighted by molar-refractivity contribution is 7.71. The lowest BCUT2D eigenvalue weighted by Crippen LogP contribution is -2.21. The summed E-state index contributed by atoms with van der Waals surface area (Å²) in [5.41, 5.74) is 7.31. The van der Waals surface area contributed by atoms with Gasteiger partial charge in [0.05, 0.1) is 5.72 Å². The van der Waals surface area contributed by atoms with Gasteiger partial charge in [-0.15, -0.1) is 0 Å². The minimum Gasteiger partial charge on any atom is -0.369 e. The zero-order valence-electron chi connectivity index (χ0n) is 8.48. The summed E-state index contributed by atoms with van der Waals surface area (Å²) in [5.74, 6) is 0.273. The lowest BCUT2D eigenvalue weighted by Gasteiger charge is -2.10. The van der Waals surface area contributed by atoms with E-state index in [0.717, 1.165) is 5.65 Å². The van der Waals surface area contributed by atoms with Gasteiger partial charge in [-0.3, -0.25) is 0 Å². The Bertz CT molecular complexity index is 570. The Morgan fingerprint density at radius 2 is 2.13 bits per heavy atom.